The molecular formula is C15H24ClFN2. The van der Waals surface area contributed by atoms with Crippen LogP contribution in [0.5, 0.6) is 0 Å². The Morgan fingerprint density at radius 2 is 1.95 bits per heavy atom. The molecule has 1 aliphatic heterocycles. The summed E-state index contributed by atoms with van der Waals surface area (Å²) >= 11 is 0. The Bertz CT molecular complexity index is 380. The summed E-state index contributed by atoms with van der Waals surface area (Å²) in [7, 11) is 2.10. The van der Waals surface area contributed by atoms with Crippen molar-refractivity contribution in [2.45, 2.75) is 25.8 Å². The Morgan fingerprint density at radius 1 is 1.32 bits per heavy atom. The zero-order valence-electron chi connectivity index (χ0n) is 11.7. The van der Waals surface area contributed by atoms with Crippen LogP contribution in [0.4, 0.5) is 4.39 Å². The van der Waals surface area contributed by atoms with Crippen LogP contribution in [0.15, 0.2) is 24.3 Å². The predicted octanol–water partition coefficient (Wildman–Crippen LogP) is 3.24. The Balaban J connectivity index is 0.00000180. The predicted molar refractivity (Wildman–Crippen MR) is 80.3 cm³/mol. The quantitative estimate of drug-likeness (QED) is 0.914. The minimum absolute atomic E-state index is 0. The largest absolute Gasteiger partial charge is 0.317 e. The van der Waals surface area contributed by atoms with E-state index in [1.54, 1.807) is 12.1 Å². The standard InChI is InChI=1S/C15H23FN2.ClH/c1-12(14-5-3-4-6-15(14)16)18(2)11-13-7-9-17-10-8-13;/h3-6,12-13,17H,7-11H2,1-2H3;1H. The van der Waals surface area contributed by atoms with E-state index in [2.05, 4.69) is 24.2 Å². The van der Waals surface area contributed by atoms with Gasteiger partial charge in [-0.1, -0.05) is 18.2 Å². The topological polar surface area (TPSA) is 15.3 Å². The van der Waals surface area contributed by atoms with Crippen molar-refractivity contribution in [2.24, 2.45) is 5.92 Å². The molecule has 0 radical (unpaired) electrons. The van der Waals surface area contributed by atoms with E-state index in [0.717, 1.165) is 31.1 Å². The van der Waals surface area contributed by atoms with E-state index in [9.17, 15) is 4.39 Å². The van der Waals surface area contributed by atoms with Gasteiger partial charge in [0.15, 0.2) is 0 Å². The van der Waals surface area contributed by atoms with Crippen LogP contribution < -0.4 is 5.32 Å². The Labute approximate surface area is 121 Å². The first-order chi connectivity index (χ1) is 8.68. The van der Waals surface area contributed by atoms with Crippen LogP contribution in [0, 0.1) is 11.7 Å². The third kappa shape index (κ3) is 4.44. The molecule has 0 aliphatic carbocycles. The van der Waals surface area contributed by atoms with Crippen molar-refractivity contribution in [3.8, 4) is 0 Å². The second kappa shape index (κ2) is 7.83. The summed E-state index contributed by atoms with van der Waals surface area (Å²) in [5.74, 6) is 0.646. The van der Waals surface area contributed by atoms with Crippen LogP contribution in [0.25, 0.3) is 0 Å². The molecule has 19 heavy (non-hydrogen) atoms. The molecule has 1 atom stereocenters. The Hall–Kier alpha value is -0.640. The molecule has 0 saturated carbocycles. The summed E-state index contributed by atoms with van der Waals surface area (Å²) in [4.78, 5) is 2.27. The number of nitrogens with zero attached hydrogens (tertiary/aromatic N) is 1. The summed E-state index contributed by atoms with van der Waals surface area (Å²) in [5, 5.41) is 3.38. The summed E-state index contributed by atoms with van der Waals surface area (Å²) < 4.78 is 13.7. The summed E-state index contributed by atoms with van der Waals surface area (Å²) in [6.07, 6.45) is 2.46. The monoisotopic (exact) mass is 286 g/mol. The number of hydrogen-bond donors (Lipinski definition) is 1. The van der Waals surface area contributed by atoms with Gasteiger partial charge in [-0.3, -0.25) is 4.90 Å². The third-order valence-corrected chi connectivity index (χ3v) is 4.02. The van der Waals surface area contributed by atoms with Crippen molar-refractivity contribution in [2.75, 3.05) is 26.7 Å². The SMILES string of the molecule is CC(c1ccccc1F)N(C)CC1CCNCC1.Cl. The molecule has 2 rings (SSSR count). The first-order valence-electron chi connectivity index (χ1n) is 6.84. The molecule has 1 aromatic carbocycles. The van der Waals surface area contributed by atoms with Crippen molar-refractivity contribution >= 4 is 12.4 Å². The maximum Gasteiger partial charge on any atom is 0.127 e. The molecule has 0 aromatic heterocycles. The van der Waals surface area contributed by atoms with E-state index in [1.165, 1.54) is 12.8 Å². The van der Waals surface area contributed by atoms with Gasteiger partial charge >= 0.3 is 0 Å². The molecule has 1 N–H and O–H groups in total. The van der Waals surface area contributed by atoms with E-state index in [-0.39, 0.29) is 24.3 Å². The molecular weight excluding hydrogens is 263 g/mol. The molecule has 1 unspecified atom stereocenters. The Kier molecular flexibility index (Phi) is 6.76. The number of piperidine rings is 1. The molecule has 4 heteroatoms. The first-order valence-corrected chi connectivity index (χ1v) is 6.84. The van der Waals surface area contributed by atoms with Gasteiger partial charge in [-0.15, -0.1) is 12.4 Å². The first kappa shape index (κ1) is 16.4. The number of benzene rings is 1. The smallest absolute Gasteiger partial charge is 0.127 e. The summed E-state index contributed by atoms with van der Waals surface area (Å²) in [6, 6.07) is 7.23. The van der Waals surface area contributed by atoms with Gasteiger partial charge in [0.2, 0.25) is 0 Å². The fourth-order valence-corrected chi connectivity index (χ4v) is 2.68. The van der Waals surface area contributed by atoms with E-state index in [0.29, 0.717) is 0 Å². The molecule has 2 nitrogen and oxygen atoms in total. The normalized spacial score (nSPS) is 18.1. The lowest BCUT2D eigenvalue weighted by atomic mass is 9.96. The number of hydrogen-bond acceptors (Lipinski definition) is 2. The lowest BCUT2D eigenvalue weighted by Crippen LogP contribution is -2.35. The van der Waals surface area contributed by atoms with Crippen molar-refractivity contribution in [1.82, 2.24) is 10.2 Å². The van der Waals surface area contributed by atoms with E-state index in [1.807, 2.05) is 12.1 Å². The third-order valence-electron chi connectivity index (χ3n) is 4.02. The molecule has 1 saturated heterocycles. The highest BCUT2D eigenvalue weighted by Crippen LogP contribution is 2.24. The van der Waals surface area contributed by atoms with Crippen LogP contribution in [-0.4, -0.2) is 31.6 Å². The minimum Gasteiger partial charge on any atom is -0.317 e. The maximum atomic E-state index is 13.7. The highest BCUT2D eigenvalue weighted by molar-refractivity contribution is 5.85. The highest BCUT2D eigenvalue weighted by Gasteiger charge is 2.20. The van der Waals surface area contributed by atoms with Gasteiger partial charge in [-0.2, -0.15) is 0 Å². The fourth-order valence-electron chi connectivity index (χ4n) is 2.68. The average Bonchev–Trinajstić information content (AvgIpc) is 2.39. The van der Waals surface area contributed by atoms with Crippen LogP contribution in [0.2, 0.25) is 0 Å². The lowest BCUT2D eigenvalue weighted by molar-refractivity contribution is 0.194. The van der Waals surface area contributed by atoms with Gasteiger partial charge in [-0.05, 0) is 51.9 Å². The van der Waals surface area contributed by atoms with Gasteiger partial charge in [0, 0.05) is 18.2 Å². The molecule has 1 fully saturated rings. The number of halogens is 2. The van der Waals surface area contributed by atoms with Crippen LogP contribution in [-0.2, 0) is 0 Å². The van der Waals surface area contributed by atoms with Crippen molar-refractivity contribution < 1.29 is 4.39 Å². The highest BCUT2D eigenvalue weighted by atomic mass is 35.5. The lowest BCUT2D eigenvalue weighted by Gasteiger charge is -2.31. The second-order valence-corrected chi connectivity index (χ2v) is 5.33. The number of nitrogens with one attached hydrogen (secondary N) is 1. The Morgan fingerprint density at radius 3 is 2.58 bits per heavy atom. The molecule has 0 spiro atoms. The van der Waals surface area contributed by atoms with E-state index in [4.69, 9.17) is 0 Å². The minimum atomic E-state index is -0.0952. The van der Waals surface area contributed by atoms with Crippen LogP contribution >= 0.6 is 12.4 Å². The molecule has 1 heterocycles. The van der Waals surface area contributed by atoms with E-state index >= 15 is 0 Å². The molecule has 0 bridgehead atoms. The van der Waals surface area contributed by atoms with E-state index < -0.39 is 0 Å². The molecule has 0 amide bonds. The van der Waals surface area contributed by atoms with Crippen LogP contribution in [0.3, 0.4) is 0 Å². The average molecular weight is 287 g/mol. The maximum absolute atomic E-state index is 13.7. The summed E-state index contributed by atoms with van der Waals surface area (Å²) in [5.41, 5.74) is 0.800. The molecule has 1 aliphatic rings. The van der Waals surface area contributed by atoms with Gasteiger partial charge < -0.3 is 5.32 Å². The zero-order chi connectivity index (χ0) is 13.0. The van der Waals surface area contributed by atoms with Gasteiger partial charge in [0.25, 0.3) is 0 Å². The van der Waals surface area contributed by atoms with Gasteiger partial charge in [0.05, 0.1) is 0 Å². The summed E-state index contributed by atoms with van der Waals surface area (Å²) in [6.45, 7) is 5.37. The zero-order valence-corrected chi connectivity index (χ0v) is 12.5. The van der Waals surface area contributed by atoms with Crippen molar-refractivity contribution in [1.29, 1.82) is 0 Å². The van der Waals surface area contributed by atoms with Crippen LogP contribution in [0.1, 0.15) is 31.4 Å². The van der Waals surface area contributed by atoms with Crippen molar-refractivity contribution in [3.05, 3.63) is 35.6 Å². The van der Waals surface area contributed by atoms with Gasteiger partial charge in [0.1, 0.15) is 5.82 Å². The van der Waals surface area contributed by atoms with Gasteiger partial charge in [-0.25, -0.2) is 4.39 Å². The number of rotatable bonds is 4. The molecule has 1 aromatic rings. The fraction of sp³-hybridized carbons (Fsp3) is 0.600. The van der Waals surface area contributed by atoms with Crippen molar-refractivity contribution in [3.63, 3.8) is 0 Å². The second-order valence-electron chi connectivity index (χ2n) is 5.33. The molecule has 108 valence electrons.